The van der Waals surface area contributed by atoms with Crippen molar-refractivity contribution in [3.63, 3.8) is 0 Å². The molecule has 5 rings (SSSR count). The van der Waals surface area contributed by atoms with Gasteiger partial charge in [0.05, 0.1) is 24.5 Å². The van der Waals surface area contributed by atoms with E-state index in [1.165, 1.54) is 18.2 Å². The van der Waals surface area contributed by atoms with E-state index in [1.807, 2.05) is 4.90 Å². The van der Waals surface area contributed by atoms with Gasteiger partial charge in [0.25, 0.3) is 0 Å². The molecule has 2 aromatic carbocycles. The van der Waals surface area contributed by atoms with Gasteiger partial charge >= 0.3 is 0 Å². The van der Waals surface area contributed by atoms with Crippen LogP contribution in [-0.4, -0.2) is 47.7 Å². The van der Waals surface area contributed by atoms with Crippen LogP contribution in [-0.2, 0) is 24.2 Å². The molecule has 172 valence electrons. The molecule has 0 unspecified atom stereocenters. The number of benzene rings is 2. The number of halogens is 3. The first-order valence-corrected chi connectivity index (χ1v) is 10.9. The predicted molar refractivity (Wildman–Crippen MR) is 116 cm³/mol. The van der Waals surface area contributed by atoms with Crippen molar-refractivity contribution >= 4 is 5.95 Å². The molecule has 1 aromatic heterocycles. The summed E-state index contributed by atoms with van der Waals surface area (Å²) in [5, 5.41) is 0. The molecule has 33 heavy (non-hydrogen) atoms. The maximum Gasteiger partial charge on any atom is 0.229 e. The molecule has 0 bridgehead atoms. The van der Waals surface area contributed by atoms with E-state index in [-0.39, 0.29) is 17.4 Å². The van der Waals surface area contributed by atoms with E-state index >= 15 is 0 Å². The van der Waals surface area contributed by atoms with Gasteiger partial charge in [0.15, 0.2) is 11.6 Å². The number of nitrogens with zero attached hydrogens (tertiary/aromatic N) is 4. The van der Waals surface area contributed by atoms with Crippen LogP contribution in [0.25, 0.3) is 0 Å². The van der Waals surface area contributed by atoms with Crippen molar-refractivity contribution < 1.29 is 22.6 Å². The Kier molecular flexibility index (Phi) is 6.15. The van der Waals surface area contributed by atoms with E-state index < -0.39 is 11.6 Å². The van der Waals surface area contributed by atoms with E-state index in [0.29, 0.717) is 51.8 Å². The lowest BCUT2D eigenvalue weighted by atomic mass is 10.1. The van der Waals surface area contributed by atoms with Gasteiger partial charge in [0.1, 0.15) is 11.6 Å². The van der Waals surface area contributed by atoms with E-state index in [4.69, 9.17) is 14.5 Å². The highest BCUT2D eigenvalue weighted by Crippen LogP contribution is 2.33. The van der Waals surface area contributed by atoms with Crippen LogP contribution in [0.2, 0.25) is 0 Å². The van der Waals surface area contributed by atoms with Gasteiger partial charge in [-0.15, -0.1) is 0 Å². The molecule has 9 heteroatoms. The van der Waals surface area contributed by atoms with Crippen LogP contribution >= 0.6 is 0 Å². The second kappa shape index (κ2) is 9.36. The molecule has 6 nitrogen and oxygen atoms in total. The molecular formula is C24H23F3N4O2. The highest BCUT2D eigenvalue weighted by atomic mass is 19.1. The normalized spacial score (nSPS) is 16.5. The fourth-order valence-electron chi connectivity index (χ4n) is 4.06. The second-order valence-electron chi connectivity index (χ2n) is 8.12. The summed E-state index contributed by atoms with van der Waals surface area (Å²) in [5.41, 5.74) is 2.60. The van der Waals surface area contributed by atoms with Gasteiger partial charge in [-0.3, -0.25) is 4.90 Å². The fraction of sp³-hybridized carbons (Fsp3) is 0.333. The molecule has 2 aliphatic rings. The number of ether oxygens (including phenoxy) is 2. The number of fused-ring (bicyclic) bond motifs is 1. The third-order valence-electron chi connectivity index (χ3n) is 5.80. The average Bonchev–Trinajstić information content (AvgIpc) is 2.83. The summed E-state index contributed by atoms with van der Waals surface area (Å²) in [7, 11) is 0. The molecule has 0 amide bonds. The lowest BCUT2D eigenvalue weighted by Crippen LogP contribution is -2.38. The van der Waals surface area contributed by atoms with Crippen LogP contribution in [0.15, 0.2) is 42.5 Å². The molecule has 0 saturated carbocycles. The second-order valence-corrected chi connectivity index (χ2v) is 8.12. The molecule has 0 spiro atoms. The molecule has 0 N–H and O–H groups in total. The van der Waals surface area contributed by atoms with Crippen molar-refractivity contribution in [3.8, 4) is 11.6 Å². The third-order valence-corrected chi connectivity index (χ3v) is 5.80. The topological polar surface area (TPSA) is 50.7 Å². The lowest BCUT2D eigenvalue weighted by Gasteiger charge is -2.31. The summed E-state index contributed by atoms with van der Waals surface area (Å²) in [6.45, 7) is 4.33. The molecule has 3 aromatic rings. The largest absolute Gasteiger partial charge is 0.435 e. The van der Waals surface area contributed by atoms with Crippen molar-refractivity contribution in [2.45, 2.75) is 19.5 Å². The monoisotopic (exact) mass is 456 g/mol. The van der Waals surface area contributed by atoms with Crippen LogP contribution < -0.4 is 9.64 Å². The number of aromatic nitrogens is 2. The zero-order valence-electron chi connectivity index (χ0n) is 17.9. The molecule has 2 aliphatic heterocycles. The minimum Gasteiger partial charge on any atom is -0.435 e. The third kappa shape index (κ3) is 4.94. The Balaban J connectivity index is 1.46. The van der Waals surface area contributed by atoms with Gasteiger partial charge < -0.3 is 14.4 Å². The van der Waals surface area contributed by atoms with Crippen molar-refractivity contribution in [3.05, 3.63) is 76.7 Å². The highest BCUT2D eigenvalue weighted by Gasteiger charge is 2.26. The molecule has 0 aliphatic carbocycles. The van der Waals surface area contributed by atoms with Gasteiger partial charge in [-0.2, -0.15) is 4.98 Å². The first-order valence-electron chi connectivity index (χ1n) is 10.9. The minimum atomic E-state index is -0.797. The molecular weight excluding hydrogens is 433 g/mol. The van der Waals surface area contributed by atoms with E-state index in [9.17, 15) is 13.2 Å². The Morgan fingerprint density at radius 2 is 1.67 bits per heavy atom. The Morgan fingerprint density at radius 1 is 0.909 bits per heavy atom. The summed E-state index contributed by atoms with van der Waals surface area (Å²) >= 11 is 0. The van der Waals surface area contributed by atoms with Crippen LogP contribution in [0.4, 0.5) is 19.1 Å². The lowest BCUT2D eigenvalue weighted by molar-refractivity contribution is 0.122. The predicted octanol–water partition coefficient (Wildman–Crippen LogP) is 4.08. The Labute approximate surface area is 189 Å². The first-order chi connectivity index (χ1) is 16.0. The molecule has 3 heterocycles. The van der Waals surface area contributed by atoms with Crippen LogP contribution in [0, 0.1) is 17.5 Å². The fourth-order valence-corrected chi connectivity index (χ4v) is 4.06. The number of morpholine rings is 1. The molecule has 0 atom stereocenters. The van der Waals surface area contributed by atoms with Crippen molar-refractivity contribution in [1.82, 2.24) is 14.9 Å². The van der Waals surface area contributed by atoms with Gasteiger partial charge in [-0.25, -0.2) is 18.2 Å². The molecule has 1 saturated heterocycles. The maximum atomic E-state index is 14.3. The summed E-state index contributed by atoms with van der Waals surface area (Å²) in [5.74, 6) is -1.07. The zero-order chi connectivity index (χ0) is 22.8. The number of rotatable bonds is 5. The van der Waals surface area contributed by atoms with Gasteiger partial charge in [0.2, 0.25) is 11.8 Å². The first kappa shape index (κ1) is 21.7. The highest BCUT2D eigenvalue weighted by molar-refractivity contribution is 5.44. The Hall–Kier alpha value is -3.17. The standard InChI is InChI=1S/C24H23F3N4O2/c25-17-3-1-16(2-4-17)14-30-8-7-21-19(15-30)23(33-22-6-5-18(26)13-20(22)27)29-24(28-21)31-9-11-32-12-10-31/h1-6,13H,7-12,14-15H2. The van der Waals surface area contributed by atoms with Crippen LogP contribution in [0.3, 0.4) is 0 Å². The summed E-state index contributed by atoms with van der Waals surface area (Å²) in [6, 6.07) is 9.59. The molecule has 0 radical (unpaired) electrons. The van der Waals surface area contributed by atoms with Crippen molar-refractivity contribution in [2.24, 2.45) is 0 Å². The minimum absolute atomic E-state index is 0.0964. The van der Waals surface area contributed by atoms with E-state index in [1.54, 1.807) is 12.1 Å². The van der Waals surface area contributed by atoms with E-state index in [0.717, 1.165) is 35.5 Å². The summed E-state index contributed by atoms with van der Waals surface area (Å²) in [4.78, 5) is 13.6. The van der Waals surface area contributed by atoms with E-state index in [2.05, 4.69) is 9.88 Å². The van der Waals surface area contributed by atoms with Crippen LogP contribution in [0.1, 0.15) is 16.8 Å². The van der Waals surface area contributed by atoms with Crippen molar-refractivity contribution in [1.29, 1.82) is 0 Å². The number of anilines is 1. The summed E-state index contributed by atoms with van der Waals surface area (Å²) in [6.07, 6.45) is 0.665. The number of hydrogen-bond acceptors (Lipinski definition) is 6. The zero-order valence-corrected chi connectivity index (χ0v) is 17.9. The maximum absolute atomic E-state index is 14.3. The SMILES string of the molecule is Fc1ccc(CN2CCc3nc(N4CCOCC4)nc(Oc4ccc(F)cc4F)c3C2)cc1. The number of hydrogen-bond donors (Lipinski definition) is 0. The summed E-state index contributed by atoms with van der Waals surface area (Å²) < 4.78 is 52.3. The average molecular weight is 456 g/mol. The Bertz CT molecular complexity index is 1140. The quantitative estimate of drug-likeness (QED) is 0.577. The van der Waals surface area contributed by atoms with Gasteiger partial charge in [-0.1, -0.05) is 12.1 Å². The van der Waals surface area contributed by atoms with Gasteiger partial charge in [0, 0.05) is 45.2 Å². The van der Waals surface area contributed by atoms with Crippen molar-refractivity contribution in [2.75, 3.05) is 37.7 Å². The van der Waals surface area contributed by atoms with Crippen LogP contribution in [0.5, 0.6) is 11.6 Å². The van der Waals surface area contributed by atoms with Gasteiger partial charge in [-0.05, 0) is 29.8 Å². The Morgan fingerprint density at radius 3 is 2.42 bits per heavy atom. The smallest absolute Gasteiger partial charge is 0.229 e. The molecule has 1 fully saturated rings.